The highest BCUT2D eigenvalue weighted by molar-refractivity contribution is 6.39. The van der Waals surface area contributed by atoms with Gasteiger partial charge in [0.1, 0.15) is 0 Å². The second kappa shape index (κ2) is 6.60. The molecule has 2 rings (SSSR count). The van der Waals surface area contributed by atoms with Crippen molar-refractivity contribution in [2.45, 2.75) is 19.3 Å². The number of halogens is 2. The Morgan fingerprint density at radius 2 is 2.05 bits per heavy atom. The van der Waals surface area contributed by atoms with E-state index in [0.29, 0.717) is 28.1 Å². The lowest BCUT2D eigenvalue weighted by Gasteiger charge is -2.33. The molecule has 0 saturated carbocycles. The molecule has 1 atom stereocenters. The zero-order valence-corrected chi connectivity index (χ0v) is 12.3. The Morgan fingerprint density at radius 3 is 2.68 bits per heavy atom. The van der Waals surface area contributed by atoms with Crippen LogP contribution in [-0.2, 0) is 0 Å². The van der Waals surface area contributed by atoms with Crippen molar-refractivity contribution < 1.29 is 4.79 Å². The first-order valence-electron chi connectivity index (χ1n) is 6.57. The van der Waals surface area contributed by atoms with Crippen LogP contribution in [0.2, 0.25) is 10.0 Å². The van der Waals surface area contributed by atoms with Gasteiger partial charge in [-0.1, -0.05) is 29.3 Å². The molecule has 1 heterocycles. The van der Waals surface area contributed by atoms with Crippen LogP contribution in [0.3, 0.4) is 0 Å². The van der Waals surface area contributed by atoms with Gasteiger partial charge in [-0.3, -0.25) is 4.79 Å². The minimum absolute atomic E-state index is 0.0719. The van der Waals surface area contributed by atoms with Gasteiger partial charge >= 0.3 is 0 Å². The van der Waals surface area contributed by atoms with Gasteiger partial charge in [0.25, 0.3) is 5.91 Å². The zero-order valence-electron chi connectivity index (χ0n) is 10.7. The number of amides is 1. The van der Waals surface area contributed by atoms with Gasteiger partial charge in [-0.25, -0.2) is 0 Å². The summed E-state index contributed by atoms with van der Waals surface area (Å²) in [6, 6.07) is 5.14. The number of hydrogen-bond donors (Lipinski definition) is 1. The summed E-state index contributed by atoms with van der Waals surface area (Å²) in [7, 11) is 0. The lowest BCUT2D eigenvalue weighted by Crippen LogP contribution is -2.40. The molecule has 2 N–H and O–H groups in total. The predicted octanol–water partition coefficient (Wildman–Crippen LogP) is 3.19. The van der Waals surface area contributed by atoms with E-state index < -0.39 is 0 Å². The summed E-state index contributed by atoms with van der Waals surface area (Å²) in [4.78, 5) is 14.4. The minimum Gasteiger partial charge on any atom is -0.338 e. The third-order valence-electron chi connectivity index (χ3n) is 3.56. The van der Waals surface area contributed by atoms with Crippen molar-refractivity contribution in [2.75, 3.05) is 19.6 Å². The maximum absolute atomic E-state index is 12.5. The molecule has 1 aliphatic heterocycles. The fraction of sp³-hybridized carbons (Fsp3) is 0.500. The van der Waals surface area contributed by atoms with Gasteiger partial charge in [-0.05, 0) is 43.9 Å². The number of carbonyl (C=O) groups is 1. The van der Waals surface area contributed by atoms with Gasteiger partial charge in [-0.15, -0.1) is 0 Å². The van der Waals surface area contributed by atoms with E-state index in [-0.39, 0.29) is 5.91 Å². The molecule has 0 aromatic heterocycles. The molecule has 0 bridgehead atoms. The third-order valence-corrected chi connectivity index (χ3v) is 4.19. The lowest BCUT2D eigenvalue weighted by atomic mass is 9.94. The fourth-order valence-corrected chi connectivity index (χ4v) is 3.14. The van der Waals surface area contributed by atoms with Crippen LogP contribution in [0, 0.1) is 5.92 Å². The summed E-state index contributed by atoms with van der Waals surface area (Å²) in [5, 5.41) is 0.830. The smallest absolute Gasteiger partial charge is 0.256 e. The largest absolute Gasteiger partial charge is 0.338 e. The Morgan fingerprint density at radius 1 is 1.37 bits per heavy atom. The van der Waals surface area contributed by atoms with Crippen molar-refractivity contribution in [3.8, 4) is 0 Å². The number of rotatable bonds is 3. The molecular formula is C14H18Cl2N2O. The van der Waals surface area contributed by atoms with E-state index in [1.807, 2.05) is 4.90 Å². The first kappa shape index (κ1) is 14.6. The fourth-order valence-electron chi connectivity index (χ4n) is 2.58. The van der Waals surface area contributed by atoms with Gasteiger partial charge in [0, 0.05) is 13.1 Å². The summed E-state index contributed by atoms with van der Waals surface area (Å²) in [5.41, 5.74) is 6.01. The highest BCUT2D eigenvalue weighted by Gasteiger charge is 2.26. The number of piperidine rings is 1. The van der Waals surface area contributed by atoms with Crippen LogP contribution < -0.4 is 5.73 Å². The first-order chi connectivity index (χ1) is 9.13. The highest BCUT2D eigenvalue weighted by atomic mass is 35.5. The number of hydrogen-bond acceptors (Lipinski definition) is 2. The van der Waals surface area contributed by atoms with E-state index in [0.717, 1.165) is 32.4 Å². The van der Waals surface area contributed by atoms with Gasteiger partial charge < -0.3 is 10.6 Å². The third kappa shape index (κ3) is 3.41. The monoisotopic (exact) mass is 300 g/mol. The maximum Gasteiger partial charge on any atom is 0.256 e. The van der Waals surface area contributed by atoms with Gasteiger partial charge in [-0.2, -0.15) is 0 Å². The van der Waals surface area contributed by atoms with Crippen molar-refractivity contribution in [1.82, 2.24) is 4.90 Å². The summed E-state index contributed by atoms with van der Waals surface area (Å²) in [5.74, 6) is 0.418. The molecule has 1 aliphatic rings. The lowest BCUT2D eigenvalue weighted by molar-refractivity contribution is 0.0670. The summed E-state index contributed by atoms with van der Waals surface area (Å²) < 4.78 is 0. The number of likely N-dealkylation sites (tertiary alicyclic amines) is 1. The average Bonchev–Trinajstić information content (AvgIpc) is 2.39. The molecule has 1 amide bonds. The number of benzene rings is 1. The Bertz CT molecular complexity index is 443. The van der Waals surface area contributed by atoms with Crippen molar-refractivity contribution in [1.29, 1.82) is 0 Å². The predicted molar refractivity (Wildman–Crippen MR) is 78.8 cm³/mol. The molecule has 19 heavy (non-hydrogen) atoms. The van der Waals surface area contributed by atoms with Crippen LogP contribution in [0.25, 0.3) is 0 Å². The molecule has 0 aliphatic carbocycles. The Labute approximate surface area is 123 Å². The standard InChI is InChI=1S/C14H18Cl2N2O/c15-11-4-1-5-12(16)13(11)14(19)18-8-2-3-10(9-18)6-7-17/h1,4-5,10H,2-3,6-9,17H2. The van der Waals surface area contributed by atoms with Crippen molar-refractivity contribution in [2.24, 2.45) is 11.7 Å². The molecule has 3 nitrogen and oxygen atoms in total. The highest BCUT2D eigenvalue weighted by Crippen LogP contribution is 2.28. The zero-order chi connectivity index (χ0) is 13.8. The molecule has 1 aromatic rings. The molecule has 0 spiro atoms. The van der Waals surface area contributed by atoms with E-state index >= 15 is 0 Å². The van der Waals surface area contributed by atoms with Crippen molar-refractivity contribution >= 4 is 29.1 Å². The number of carbonyl (C=O) groups excluding carboxylic acids is 1. The van der Waals surface area contributed by atoms with Crippen LogP contribution >= 0.6 is 23.2 Å². The van der Waals surface area contributed by atoms with Crippen molar-refractivity contribution in [3.05, 3.63) is 33.8 Å². The second-order valence-corrected chi connectivity index (χ2v) is 5.75. The topological polar surface area (TPSA) is 46.3 Å². The van der Waals surface area contributed by atoms with E-state index in [4.69, 9.17) is 28.9 Å². The van der Waals surface area contributed by atoms with Crippen molar-refractivity contribution in [3.63, 3.8) is 0 Å². The molecule has 0 radical (unpaired) electrons. The van der Waals surface area contributed by atoms with Crippen LogP contribution in [-0.4, -0.2) is 30.4 Å². The molecule has 1 saturated heterocycles. The van der Waals surface area contributed by atoms with E-state index in [2.05, 4.69) is 0 Å². The molecular weight excluding hydrogens is 283 g/mol. The molecule has 1 fully saturated rings. The summed E-state index contributed by atoms with van der Waals surface area (Å²) in [6.07, 6.45) is 3.11. The first-order valence-corrected chi connectivity index (χ1v) is 7.32. The van der Waals surface area contributed by atoms with Gasteiger partial charge in [0.05, 0.1) is 15.6 Å². The van der Waals surface area contributed by atoms with Gasteiger partial charge in [0.15, 0.2) is 0 Å². The Kier molecular flexibility index (Phi) is 5.08. The van der Waals surface area contributed by atoms with E-state index in [1.165, 1.54) is 0 Å². The Hall–Kier alpha value is -0.770. The van der Waals surface area contributed by atoms with E-state index in [1.54, 1.807) is 18.2 Å². The molecule has 1 aromatic carbocycles. The SMILES string of the molecule is NCCC1CCCN(C(=O)c2c(Cl)cccc2Cl)C1. The van der Waals surface area contributed by atoms with Crippen LogP contribution in [0.15, 0.2) is 18.2 Å². The van der Waals surface area contributed by atoms with Gasteiger partial charge in [0.2, 0.25) is 0 Å². The average molecular weight is 301 g/mol. The van der Waals surface area contributed by atoms with Crippen LogP contribution in [0.4, 0.5) is 0 Å². The minimum atomic E-state index is -0.0719. The van der Waals surface area contributed by atoms with Crippen LogP contribution in [0.1, 0.15) is 29.6 Å². The molecule has 1 unspecified atom stereocenters. The summed E-state index contributed by atoms with van der Waals surface area (Å²) >= 11 is 12.2. The normalized spacial score (nSPS) is 19.5. The van der Waals surface area contributed by atoms with E-state index in [9.17, 15) is 4.79 Å². The number of nitrogens with zero attached hydrogens (tertiary/aromatic N) is 1. The molecule has 5 heteroatoms. The maximum atomic E-state index is 12.5. The summed E-state index contributed by atoms with van der Waals surface area (Å²) in [6.45, 7) is 2.18. The second-order valence-electron chi connectivity index (χ2n) is 4.93. The quantitative estimate of drug-likeness (QED) is 0.932. The molecule has 104 valence electrons. The number of nitrogens with two attached hydrogens (primary N) is 1. The van der Waals surface area contributed by atoms with Crippen LogP contribution in [0.5, 0.6) is 0 Å². The Balaban J connectivity index is 2.15.